The van der Waals surface area contributed by atoms with Crippen LogP contribution in [0.4, 0.5) is 0 Å². The lowest BCUT2D eigenvalue weighted by molar-refractivity contribution is -0.671. The molecule has 1 heteroatoms. The number of rotatable bonds is 7. The van der Waals surface area contributed by atoms with Crippen LogP contribution in [-0.2, 0) is 12.5 Å². The Balaban J connectivity index is 1.44. The highest BCUT2D eigenvalue weighted by Gasteiger charge is 2.41. The number of fused-ring (bicyclic) bond motifs is 3. The Hall–Kier alpha value is -4.23. The lowest BCUT2D eigenvalue weighted by Gasteiger charge is -2.31. The van der Waals surface area contributed by atoms with E-state index >= 15 is 0 Å². The largest absolute Gasteiger partial charge is 0.208 e. The molecule has 1 aliphatic rings. The fourth-order valence-electron chi connectivity index (χ4n) is 6.51. The summed E-state index contributed by atoms with van der Waals surface area (Å²) in [7, 11) is 2.05. The van der Waals surface area contributed by atoms with Gasteiger partial charge in [0.1, 0.15) is 7.05 Å². The van der Waals surface area contributed by atoms with Gasteiger partial charge in [-0.1, -0.05) is 123 Å². The van der Waals surface area contributed by atoms with Crippen LogP contribution < -0.4 is 4.57 Å². The molecule has 0 N–H and O–H groups in total. The summed E-state index contributed by atoms with van der Waals surface area (Å²) in [6, 6.07) is 40.5. The summed E-state index contributed by atoms with van der Waals surface area (Å²) >= 11 is 0. The van der Waals surface area contributed by atoms with E-state index in [1.165, 1.54) is 50.1 Å². The second-order valence-electron chi connectivity index (χ2n) is 10.8. The number of benzene rings is 4. The van der Waals surface area contributed by atoms with Crippen LogP contribution in [0.15, 0.2) is 122 Å². The van der Waals surface area contributed by atoms with Crippen LogP contribution in [0.25, 0.3) is 23.3 Å². The Labute approximate surface area is 233 Å². The monoisotopic (exact) mass is 506 g/mol. The standard InChI is InChI=1S/C38H36N/c1-4-38(5-2)35-26-29(17-16-28-22-24-39(3)25-23-28)18-20-33(35)34-21-19-32(27-36(34)38)37(30-12-8-6-9-13-30)31-14-10-7-11-15-31/h6-27,37H,4-5H2,1-3H3/q+1/b17-16+. The summed E-state index contributed by atoms with van der Waals surface area (Å²) in [6.45, 7) is 4.71. The van der Waals surface area contributed by atoms with Crippen molar-refractivity contribution < 1.29 is 4.57 Å². The van der Waals surface area contributed by atoms with Gasteiger partial charge in [-0.2, -0.15) is 0 Å². The minimum atomic E-state index is 0.0168. The second-order valence-corrected chi connectivity index (χ2v) is 10.8. The fourth-order valence-corrected chi connectivity index (χ4v) is 6.51. The summed E-state index contributed by atoms with van der Waals surface area (Å²) in [5, 5.41) is 0. The highest BCUT2D eigenvalue weighted by atomic mass is 14.9. The molecule has 192 valence electrons. The van der Waals surface area contributed by atoms with Crippen LogP contribution in [0, 0.1) is 0 Å². The molecule has 0 fully saturated rings. The molecule has 0 radical (unpaired) electrons. The van der Waals surface area contributed by atoms with E-state index in [1.807, 2.05) is 7.05 Å². The van der Waals surface area contributed by atoms with E-state index in [0.717, 1.165) is 12.8 Å². The predicted molar refractivity (Wildman–Crippen MR) is 164 cm³/mol. The van der Waals surface area contributed by atoms with Crippen molar-refractivity contribution in [3.63, 3.8) is 0 Å². The van der Waals surface area contributed by atoms with Crippen LogP contribution in [0.3, 0.4) is 0 Å². The number of pyridine rings is 1. The molecule has 0 saturated heterocycles. The quantitative estimate of drug-likeness (QED) is 0.153. The molecule has 0 bridgehead atoms. The maximum absolute atomic E-state index is 2.52. The zero-order chi connectivity index (χ0) is 26.8. The van der Waals surface area contributed by atoms with Gasteiger partial charge < -0.3 is 0 Å². The number of nitrogens with zero attached hydrogens (tertiary/aromatic N) is 1. The Kier molecular flexibility index (Phi) is 6.75. The first-order chi connectivity index (χ1) is 19.1. The molecule has 0 spiro atoms. The lowest BCUT2D eigenvalue weighted by Crippen LogP contribution is -2.25. The van der Waals surface area contributed by atoms with E-state index in [2.05, 4.69) is 152 Å². The van der Waals surface area contributed by atoms with Crippen molar-refractivity contribution in [2.24, 2.45) is 7.05 Å². The first kappa shape index (κ1) is 25.1. The van der Waals surface area contributed by atoms with Gasteiger partial charge in [-0.3, -0.25) is 0 Å². The summed E-state index contributed by atoms with van der Waals surface area (Å²) in [5.41, 5.74) is 12.2. The van der Waals surface area contributed by atoms with Crippen molar-refractivity contribution in [1.82, 2.24) is 0 Å². The predicted octanol–water partition coefficient (Wildman–Crippen LogP) is 8.95. The third kappa shape index (κ3) is 4.53. The number of aryl methyl sites for hydroxylation is 1. The van der Waals surface area contributed by atoms with E-state index in [0.29, 0.717) is 0 Å². The molecule has 0 saturated carbocycles. The van der Waals surface area contributed by atoms with Crippen molar-refractivity contribution >= 4 is 12.2 Å². The molecule has 5 aromatic rings. The van der Waals surface area contributed by atoms with Gasteiger partial charge in [0.2, 0.25) is 0 Å². The van der Waals surface area contributed by atoms with Crippen molar-refractivity contribution in [1.29, 1.82) is 0 Å². The van der Waals surface area contributed by atoms with Crippen LogP contribution >= 0.6 is 0 Å². The van der Waals surface area contributed by atoms with Gasteiger partial charge in [-0.05, 0) is 62.9 Å². The Morgan fingerprint density at radius 2 is 1.13 bits per heavy atom. The fraction of sp³-hybridized carbons (Fsp3) is 0.184. The molecule has 0 aliphatic heterocycles. The smallest absolute Gasteiger partial charge is 0.169 e. The second kappa shape index (κ2) is 10.5. The summed E-state index contributed by atoms with van der Waals surface area (Å²) < 4.78 is 2.06. The third-order valence-corrected chi connectivity index (χ3v) is 8.69. The Bertz CT molecular complexity index is 1570. The molecule has 0 unspecified atom stereocenters. The van der Waals surface area contributed by atoms with Crippen molar-refractivity contribution in [2.75, 3.05) is 0 Å². The third-order valence-electron chi connectivity index (χ3n) is 8.69. The number of aromatic nitrogens is 1. The molecule has 1 heterocycles. The molecule has 4 aromatic carbocycles. The minimum Gasteiger partial charge on any atom is -0.208 e. The molecule has 0 amide bonds. The van der Waals surface area contributed by atoms with Crippen LogP contribution in [0.1, 0.15) is 71.6 Å². The first-order valence-electron chi connectivity index (χ1n) is 14.2. The summed E-state index contributed by atoms with van der Waals surface area (Å²) in [4.78, 5) is 0. The van der Waals surface area contributed by atoms with Crippen LogP contribution in [-0.4, -0.2) is 0 Å². The molecular weight excluding hydrogens is 470 g/mol. The zero-order valence-electron chi connectivity index (χ0n) is 23.1. The van der Waals surface area contributed by atoms with Gasteiger partial charge in [0, 0.05) is 23.5 Å². The number of hydrogen-bond donors (Lipinski definition) is 0. The highest BCUT2D eigenvalue weighted by molar-refractivity contribution is 5.83. The van der Waals surface area contributed by atoms with Gasteiger partial charge in [0.15, 0.2) is 12.4 Å². The van der Waals surface area contributed by atoms with Crippen molar-refractivity contribution in [3.8, 4) is 11.1 Å². The zero-order valence-corrected chi connectivity index (χ0v) is 23.1. The molecule has 1 aromatic heterocycles. The van der Waals surface area contributed by atoms with Gasteiger partial charge in [-0.25, -0.2) is 4.57 Å². The van der Waals surface area contributed by atoms with Crippen molar-refractivity contribution in [2.45, 2.75) is 38.0 Å². The normalized spacial score (nSPS) is 13.5. The van der Waals surface area contributed by atoms with E-state index in [9.17, 15) is 0 Å². The topological polar surface area (TPSA) is 3.88 Å². The average molecular weight is 507 g/mol. The van der Waals surface area contributed by atoms with E-state index in [1.54, 1.807) is 0 Å². The van der Waals surface area contributed by atoms with Gasteiger partial charge >= 0.3 is 0 Å². The SMILES string of the molecule is CCC1(CC)c2cc(/C=C/c3cc[n+](C)cc3)ccc2-c2ccc(C(c3ccccc3)c3ccccc3)cc21. The lowest BCUT2D eigenvalue weighted by atomic mass is 9.72. The summed E-state index contributed by atoms with van der Waals surface area (Å²) in [5.74, 6) is 0.207. The van der Waals surface area contributed by atoms with Gasteiger partial charge in [0.25, 0.3) is 0 Å². The van der Waals surface area contributed by atoms with E-state index in [-0.39, 0.29) is 11.3 Å². The van der Waals surface area contributed by atoms with E-state index in [4.69, 9.17) is 0 Å². The molecule has 6 rings (SSSR count). The molecule has 1 aliphatic carbocycles. The maximum atomic E-state index is 2.52. The van der Waals surface area contributed by atoms with Gasteiger partial charge in [0.05, 0.1) is 0 Å². The van der Waals surface area contributed by atoms with Crippen molar-refractivity contribution in [3.05, 3.63) is 161 Å². The van der Waals surface area contributed by atoms with E-state index < -0.39 is 0 Å². The Morgan fingerprint density at radius 3 is 1.72 bits per heavy atom. The average Bonchev–Trinajstić information content (AvgIpc) is 3.27. The Morgan fingerprint density at radius 1 is 0.590 bits per heavy atom. The summed E-state index contributed by atoms with van der Waals surface area (Å²) in [6.07, 6.45) is 10.8. The van der Waals surface area contributed by atoms with Gasteiger partial charge in [-0.15, -0.1) is 0 Å². The molecular formula is C38H36N+. The highest BCUT2D eigenvalue weighted by Crippen LogP contribution is 2.54. The molecule has 39 heavy (non-hydrogen) atoms. The minimum absolute atomic E-state index is 0.0168. The molecule has 0 atom stereocenters. The first-order valence-corrected chi connectivity index (χ1v) is 14.2. The molecule has 1 nitrogen and oxygen atoms in total. The van der Waals surface area contributed by atoms with Crippen LogP contribution in [0.5, 0.6) is 0 Å². The number of hydrogen-bond acceptors (Lipinski definition) is 0. The maximum Gasteiger partial charge on any atom is 0.169 e. The van der Waals surface area contributed by atoms with Crippen LogP contribution in [0.2, 0.25) is 0 Å².